The average Bonchev–Trinajstić information content (AvgIpc) is 2.38. The molecule has 1 N–H and O–H groups in total. The number of carbonyl (C=O) groups excluding carboxylic acids is 1. The summed E-state index contributed by atoms with van der Waals surface area (Å²) in [5, 5.41) is 0. The first-order valence-electron chi connectivity index (χ1n) is 6.02. The molecule has 100 valence electrons. The monoisotopic (exact) mass is 253 g/mol. The smallest absolute Gasteiger partial charge is 0.307 e. The number of aromatic nitrogens is 2. The highest BCUT2D eigenvalue weighted by Gasteiger charge is 2.10. The number of H-pyrrole nitrogens is 1. The fraction of sp³-hybridized carbons (Fsp3) is 0.583. The van der Waals surface area contributed by atoms with Gasteiger partial charge in [-0.15, -0.1) is 0 Å². The third-order valence-corrected chi connectivity index (χ3v) is 2.63. The summed E-state index contributed by atoms with van der Waals surface area (Å²) in [4.78, 5) is 31.5. The molecule has 1 aromatic heterocycles. The summed E-state index contributed by atoms with van der Waals surface area (Å²) >= 11 is 0. The lowest BCUT2D eigenvalue weighted by Gasteiger charge is -2.21. The number of aromatic amines is 1. The lowest BCUT2D eigenvalue weighted by molar-refractivity contribution is -0.140. The Morgan fingerprint density at radius 1 is 1.50 bits per heavy atom. The molecule has 0 spiro atoms. The number of ether oxygens (including phenoxy) is 1. The first-order chi connectivity index (χ1) is 8.60. The number of rotatable bonds is 6. The zero-order valence-electron chi connectivity index (χ0n) is 11.0. The zero-order valence-corrected chi connectivity index (χ0v) is 11.0. The van der Waals surface area contributed by atoms with Gasteiger partial charge in [-0.05, 0) is 6.92 Å². The molecule has 18 heavy (non-hydrogen) atoms. The van der Waals surface area contributed by atoms with Gasteiger partial charge in [-0.1, -0.05) is 6.92 Å². The third-order valence-electron chi connectivity index (χ3n) is 2.63. The Hall–Kier alpha value is -1.85. The molecular formula is C12H19N3O3. The van der Waals surface area contributed by atoms with E-state index in [1.807, 2.05) is 18.7 Å². The minimum absolute atomic E-state index is 0.173. The number of nitrogens with one attached hydrogen (secondary N) is 1. The molecule has 0 aliphatic heterocycles. The molecule has 0 aromatic carbocycles. The fourth-order valence-electron chi connectivity index (χ4n) is 1.59. The Labute approximate surface area is 106 Å². The van der Waals surface area contributed by atoms with Gasteiger partial charge in [0.15, 0.2) is 0 Å². The highest BCUT2D eigenvalue weighted by molar-refractivity contribution is 5.69. The van der Waals surface area contributed by atoms with E-state index in [1.165, 1.54) is 13.2 Å². The molecule has 0 saturated carbocycles. The predicted octanol–water partition coefficient (Wildman–Crippen LogP) is 0.722. The van der Waals surface area contributed by atoms with Gasteiger partial charge in [0.2, 0.25) is 0 Å². The fourth-order valence-corrected chi connectivity index (χ4v) is 1.59. The van der Waals surface area contributed by atoms with Crippen molar-refractivity contribution in [2.75, 3.05) is 25.1 Å². The van der Waals surface area contributed by atoms with Crippen LogP contribution in [0.1, 0.15) is 26.1 Å². The lowest BCUT2D eigenvalue weighted by Crippen LogP contribution is -2.29. The summed E-state index contributed by atoms with van der Waals surface area (Å²) < 4.78 is 4.60. The number of hydrogen-bond acceptors (Lipinski definition) is 5. The summed E-state index contributed by atoms with van der Waals surface area (Å²) in [5.41, 5.74) is -0.173. The number of carbonyl (C=O) groups is 1. The van der Waals surface area contributed by atoms with Crippen LogP contribution in [-0.2, 0) is 16.0 Å². The van der Waals surface area contributed by atoms with Crippen molar-refractivity contribution in [2.24, 2.45) is 0 Å². The van der Waals surface area contributed by atoms with E-state index in [2.05, 4.69) is 14.7 Å². The normalized spacial score (nSPS) is 10.2. The van der Waals surface area contributed by atoms with Crippen molar-refractivity contribution < 1.29 is 9.53 Å². The van der Waals surface area contributed by atoms with Gasteiger partial charge in [0.05, 0.1) is 13.5 Å². The summed E-state index contributed by atoms with van der Waals surface area (Å²) in [6.07, 6.45) is 0.942. The second kappa shape index (κ2) is 6.78. The van der Waals surface area contributed by atoms with Gasteiger partial charge in [-0.25, -0.2) is 4.98 Å². The van der Waals surface area contributed by atoms with Crippen molar-refractivity contribution in [3.63, 3.8) is 0 Å². The van der Waals surface area contributed by atoms with Crippen LogP contribution in [0.3, 0.4) is 0 Å². The van der Waals surface area contributed by atoms with E-state index in [1.54, 1.807) is 0 Å². The Bertz CT molecular complexity index is 456. The van der Waals surface area contributed by atoms with Crippen molar-refractivity contribution >= 4 is 11.8 Å². The Morgan fingerprint density at radius 2 is 2.22 bits per heavy atom. The zero-order chi connectivity index (χ0) is 13.5. The molecule has 0 aliphatic rings. The van der Waals surface area contributed by atoms with Crippen LogP contribution < -0.4 is 10.5 Å². The average molecular weight is 253 g/mol. The van der Waals surface area contributed by atoms with Gasteiger partial charge in [-0.2, -0.15) is 0 Å². The van der Waals surface area contributed by atoms with E-state index in [0.29, 0.717) is 31.2 Å². The van der Waals surface area contributed by atoms with Crippen LogP contribution in [0.4, 0.5) is 5.82 Å². The SMILES string of the molecule is CCc1nc(N(CC)CCC(=O)OC)cc(=O)[nH]1. The van der Waals surface area contributed by atoms with Crippen molar-refractivity contribution in [3.05, 3.63) is 22.2 Å². The van der Waals surface area contributed by atoms with Crippen LogP contribution in [0, 0.1) is 0 Å². The van der Waals surface area contributed by atoms with E-state index in [9.17, 15) is 9.59 Å². The molecule has 1 heterocycles. The summed E-state index contributed by atoms with van der Waals surface area (Å²) in [6.45, 7) is 5.04. The molecule has 0 amide bonds. The first kappa shape index (κ1) is 14.2. The number of aryl methyl sites for hydroxylation is 1. The first-order valence-corrected chi connectivity index (χ1v) is 6.02. The number of hydrogen-bond donors (Lipinski definition) is 1. The van der Waals surface area contributed by atoms with E-state index in [-0.39, 0.29) is 17.9 Å². The molecule has 0 bridgehead atoms. The second-order valence-corrected chi connectivity index (χ2v) is 3.81. The standard InChI is InChI=1S/C12H19N3O3/c1-4-9-13-10(8-11(16)14-9)15(5-2)7-6-12(17)18-3/h8H,4-7H2,1-3H3,(H,13,14,16). The van der Waals surface area contributed by atoms with Gasteiger partial charge < -0.3 is 14.6 Å². The highest BCUT2D eigenvalue weighted by Crippen LogP contribution is 2.08. The van der Waals surface area contributed by atoms with Crippen LogP contribution in [0.25, 0.3) is 0 Å². The van der Waals surface area contributed by atoms with Crippen LogP contribution in [-0.4, -0.2) is 36.1 Å². The Kier molecular flexibility index (Phi) is 5.35. The Morgan fingerprint density at radius 3 is 2.78 bits per heavy atom. The largest absolute Gasteiger partial charge is 0.469 e. The van der Waals surface area contributed by atoms with Crippen LogP contribution in [0.15, 0.2) is 10.9 Å². The van der Waals surface area contributed by atoms with Gasteiger partial charge in [0, 0.05) is 25.6 Å². The van der Waals surface area contributed by atoms with Crippen LogP contribution >= 0.6 is 0 Å². The molecule has 1 aromatic rings. The lowest BCUT2D eigenvalue weighted by atomic mass is 10.3. The topological polar surface area (TPSA) is 75.3 Å². The van der Waals surface area contributed by atoms with Crippen molar-refractivity contribution in [2.45, 2.75) is 26.7 Å². The summed E-state index contributed by atoms with van der Waals surface area (Å²) in [6, 6.07) is 1.44. The molecule has 0 atom stereocenters. The molecule has 0 saturated heterocycles. The Balaban J connectivity index is 2.84. The molecule has 0 radical (unpaired) electrons. The quantitative estimate of drug-likeness (QED) is 0.756. The minimum atomic E-state index is -0.269. The van der Waals surface area contributed by atoms with E-state index in [4.69, 9.17) is 0 Å². The molecule has 1 rings (SSSR count). The van der Waals surface area contributed by atoms with E-state index in [0.717, 1.165) is 0 Å². The highest BCUT2D eigenvalue weighted by atomic mass is 16.5. The van der Waals surface area contributed by atoms with Gasteiger partial charge in [0.1, 0.15) is 11.6 Å². The molecular weight excluding hydrogens is 234 g/mol. The molecule has 0 aliphatic carbocycles. The van der Waals surface area contributed by atoms with E-state index >= 15 is 0 Å². The van der Waals surface area contributed by atoms with Crippen molar-refractivity contribution in [1.82, 2.24) is 9.97 Å². The van der Waals surface area contributed by atoms with Crippen LogP contribution in [0.2, 0.25) is 0 Å². The van der Waals surface area contributed by atoms with Gasteiger partial charge >= 0.3 is 5.97 Å². The van der Waals surface area contributed by atoms with Crippen LogP contribution in [0.5, 0.6) is 0 Å². The number of methoxy groups -OCH3 is 1. The molecule has 6 heteroatoms. The van der Waals surface area contributed by atoms with Gasteiger partial charge in [-0.3, -0.25) is 9.59 Å². The third kappa shape index (κ3) is 3.87. The van der Waals surface area contributed by atoms with Crippen molar-refractivity contribution in [1.29, 1.82) is 0 Å². The van der Waals surface area contributed by atoms with E-state index < -0.39 is 0 Å². The summed E-state index contributed by atoms with van der Waals surface area (Å²) in [5.74, 6) is 0.977. The number of nitrogens with zero attached hydrogens (tertiary/aromatic N) is 2. The van der Waals surface area contributed by atoms with Gasteiger partial charge in [0.25, 0.3) is 5.56 Å². The molecule has 0 unspecified atom stereocenters. The maximum absolute atomic E-state index is 11.5. The van der Waals surface area contributed by atoms with Crippen molar-refractivity contribution in [3.8, 4) is 0 Å². The predicted molar refractivity (Wildman–Crippen MR) is 68.8 cm³/mol. The maximum atomic E-state index is 11.5. The molecule has 0 fully saturated rings. The second-order valence-electron chi connectivity index (χ2n) is 3.81. The number of anilines is 1. The molecule has 6 nitrogen and oxygen atoms in total. The summed E-state index contributed by atoms with van der Waals surface area (Å²) in [7, 11) is 1.36. The minimum Gasteiger partial charge on any atom is -0.469 e. The maximum Gasteiger partial charge on any atom is 0.307 e. The number of esters is 1.